The fourth-order valence-corrected chi connectivity index (χ4v) is 3.68. The summed E-state index contributed by atoms with van der Waals surface area (Å²) in [5.74, 6) is -0.359. The summed E-state index contributed by atoms with van der Waals surface area (Å²) in [6, 6.07) is 14.9. The van der Waals surface area contributed by atoms with Crippen LogP contribution in [-0.2, 0) is 22.6 Å². The summed E-state index contributed by atoms with van der Waals surface area (Å²) >= 11 is 0. The molecule has 3 aromatic rings. The van der Waals surface area contributed by atoms with Crippen LogP contribution in [0.25, 0.3) is 10.9 Å². The summed E-state index contributed by atoms with van der Waals surface area (Å²) in [5, 5.41) is 17.5. The van der Waals surface area contributed by atoms with Crippen LogP contribution in [0.4, 0.5) is 0 Å². The molecule has 1 aromatic heterocycles. The lowest BCUT2D eigenvalue weighted by Gasteiger charge is -2.22. The number of rotatable bonds is 11. The number of nitrogens with one attached hydrogen (secondary N) is 5. The summed E-state index contributed by atoms with van der Waals surface area (Å²) < 4.78 is 0. The molecule has 2 amide bonds. The Balaban J connectivity index is 1.42. The normalized spacial score (nSPS) is 12.0. The molecule has 0 saturated carbocycles. The Morgan fingerprint density at radius 1 is 1.06 bits per heavy atom. The average molecular weight is 449 g/mol. The van der Waals surface area contributed by atoms with E-state index in [0.717, 1.165) is 22.0 Å². The molecule has 0 radical (unpaired) electrons. The van der Waals surface area contributed by atoms with Crippen molar-refractivity contribution in [2.45, 2.75) is 32.9 Å². The second kappa shape index (κ2) is 11.3. The van der Waals surface area contributed by atoms with Crippen molar-refractivity contribution in [3.63, 3.8) is 0 Å². The molecule has 7 N–H and O–H groups in total. The van der Waals surface area contributed by atoms with Gasteiger partial charge in [-0.1, -0.05) is 56.3 Å². The summed E-state index contributed by atoms with van der Waals surface area (Å²) in [7, 11) is 0. The molecule has 1 atom stereocenters. The molecular weight excluding hydrogens is 416 g/mol. The molecule has 3 rings (SSSR count). The average Bonchev–Trinajstić information content (AvgIpc) is 3.21. The van der Waals surface area contributed by atoms with Gasteiger partial charge in [0.05, 0.1) is 12.6 Å². The Morgan fingerprint density at radius 2 is 1.79 bits per heavy atom. The number of H-pyrrole nitrogens is 1. The molecule has 1 unspecified atom stereocenters. The SMILES string of the molecule is CC(C)C(NCc1ccc(C(=N)N)cc1)C(=O)NCC(=O)NCCc1c[nH]c2ccccc12. The fraction of sp³-hybridized carbons (Fsp3) is 0.320. The number of nitrogen functional groups attached to an aromatic ring is 1. The number of carbonyl (C=O) groups excluding carboxylic acids is 2. The van der Waals surface area contributed by atoms with Crippen LogP contribution in [0.3, 0.4) is 0 Å². The van der Waals surface area contributed by atoms with Crippen LogP contribution >= 0.6 is 0 Å². The van der Waals surface area contributed by atoms with Gasteiger partial charge in [-0.3, -0.25) is 15.0 Å². The van der Waals surface area contributed by atoms with E-state index in [1.54, 1.807) is 12.1 Å². The number of aromatic nitrogens is 1. The molecule has 0 fully saturated rings. The van der Waals surface area contributed by atoms with E-state index in [9.17, 15) is 9.59 Å². The van der Waals surface area contributed by atoms with E-state index in [-0.39, 0.29) is 30.1 Å². The molecule has 33 heavy (non-hydrogen) atoms. The maximum Gasteiger partial charge on any atom is 0.239 e. The zero-order chi connectivity index (χ0) is 23.8. The summed E-state index contributed by atoms with van der Waals surface area (Å²) in [6.07, 6.45) is 2.67. The minimum absolute atomic E-state index is 0.0219. The third-order valence-electron chi connectivity index (χ3n) is 5.55. The molecular formula is C25H32N6O2. The smallest absolute Gasteiger partial charge is 0.239 e. The molecule has 8 heteroatoms. The van der Waals surface area contributed by atoms with Gasteiger partial charge in [0.1, 0.15) is 5.84 Å². The number of nitrogens with two attached hydrogens (primary N) is 1. The summed E-state index contributed by atoms with van der Waals surface area (Å²) in [5.41, 5.74) is 9.35. The van der Waals surface area contributed by atoms with Crippen LogP contribution < -0.4 is 21.7 Å². The van der Waals surface area contributed by atoms with Gasteiger partial charge in [0.25, 0.3) is 0 Å². The third kappa shape index (κ3) is 6.66. The molecule has 0 aliphatic rings. The Kier molecular flexibility index (Phi) is 8.21. The van der Waals surface area contributed by atoms with Crippen LogP contribution in [-0.4, -0.2) is 41.8 Å². The van der Waals surface area contributed by atoms with E-state index in [2.05, 4.69) is 27.0 Å². The number of aromatic amines is 1. The Morgan fingerprint density at radius 3 is 2.48 bits per heavy atom. The van der Waals surface area contributed by atoms with Crippen molar-refractivity contribution >= 4 is 28.6 Å². The highest BCUT2D eigenvalue weighted by atomic mass is 16.2. The van der Waals surface area contributed by atoms with Gasteiger partial charge in [0.2, 0.25) is 11.8 Å². The highest BCUT2D eigenvalue weighted by Gasteiger charge is 2.22. The van der Waals surface area contributed by atoms with Crippen molar-refractivity contribution in [1.29, 1.82) is 5.41 Å². The Labute approximate surface area is 193 Å². The second-order valence-electron chi connectivity index (χ2n) is 8.39. The quantitative estimate of drug-likeness (QED) is 0.198. The number of amides is 2. The largest absolute Gasteiger partial charge is 0.384 e. The minimum Gasteiger partial charge on any atom is -0.384 e. The minimum atomic E-state index is -0.434. The molecule has 8 nitrogen and oxygen atoms in total. The topological polar surface area (TPSA) is 136 Å². The van der Waals surface area contributed by atoms with E-state index in [4.69, 9.17) is 11.1 Å². The fourth-order valence-electron chi connectivity index (χ4n) is 3.68. The zero-order valence-electron chi connectivity index (χ0n) is 19.1. The van der Waals surface area contributed by atoms with E-state index in [0.29, 0.717) is 25.1 Å². The van der Waals surface area contributed by atoms with Gasteiger partial charge >= 0.3 is 0 Å². The van der Waals surface area contributed by atoms with E-state index >= 15 is 0 Å². The first-order valence-corrected chi connectivity index (χ1v) is 11.1. The van der Waals surface area contributed by atoms with E-state index in [1.807, 2.05) is 50.4 Å². The third-order valence-corrected chi connectivity index (χ3v) is 5.55. The number of carbonyl (C=O) groups is 2. The summed E-state index contributed by atoms with van der Waals surface area (Å²) in [6.45, 7) is 4.84. The first-order chi connectivity index (χ1) is 15.8. The number of para-hydroxylation sites is 1. The standard InChI is InChI=1S/C25H32N6O2/c1-16(2)23(30-13-17-7-9-18(10-8-17)24(26)27)25(33)31-15-22(32)28-12-11-19-14-29-21-6-4-3-5-20(19)21/h3-10,14,16,23,29-30H,11-13,15H2,1-2H3,(H3,26,27)(H,28,32)(H,31,33). The maximum absolute atomic E-state index is 12.7. The molecule has 1 heterocycles. The summed E-state index contributed by atoms with van der Waals surface area (Å²) in [4.78, 5) is 28.1. The lowest BCUT2D eigenvalue weighted by molar-refractivity contribution is -0.128. The number of hydrogen-bond donors (Lipinski definition) is 6. The van der Waals surface area contributed by atoms with E-state index < -0.39 is 6.04 Å². The van der Waals surface area contributed by atoms with Gasteiger partial charge < -0.3 is 26.7 Å². The predicted molar refractivity (Wildman–Crippen MR) is 131 cm³/mol. The van der Waals surface area contributed by atoms with Gasteiger partial charge in [0.15, 0.2) is 0 Å². The van der Waals surface area contributed by atoms with Crippen LogP contribution in [0.1, 0.15) is 30.5 Å². The van der Waals surface area contributed by atoms with E-state index in [1.165, 1.54) is 0 Å². The van der Waals surface area contributed by atoms with Crippen LogP contribution in [0.15, 0.2) is 54.7 Å². The molecule has 0 aliphatic heterocycles. The molecule has 174 valence electrons. The number of hydrogen-bond acceptors (Lipinski definition) is 4. The lowest BCUT2D eigenvalue weighted by atomic mass is 10.0. The predicted octanol–water partition coefficient (Wildman–Crippen LogP) is 2.04. The number of fused-ring (bicyclic) bond motifs is 1. The van der Waals surface area contributed by atoms with Gasteiger partial charge in [0, 0.05) is 35.8 Å². The van der Waals surface area contributed by atoms with Gasteiger partial charge in [-0.15, -0.1) is 0 Å². The molecule has 0 aliphatic carbocycles. The first-order valence-electron chi connectivity index (χ1n) is 11.1. The molecule has 2 aromatic carbocycles. The van der Waals surface area contributed by atoms with Crippen LogP contribution in [0.5, 0.6) is 0 Å². The van der Waals surface area contributed by atoms with Gasteiger partial charge in [-0.25, -0.2) is 0 Å². The highest BCUT2D eigenvalue weighted by molar-refractivity contribution is 5.94. The van der Waals surface area contributed by atoms with Crippen LogP contribution in [0, 0.1) is 11.3 Å². The van der Waals surface area contributed by atoms with Crippen molar-refractivity contribution in [3.05, 3.63) is 71.4 Å². The first kappa shape index (κ1) is 24.0. The molecule has 0 spiro atoms. The van der Waals surface area contributed by atoms with Gasteiger partial charge in [-0.2, -0.15) is 0 Å². The number of benzene rings is 2. The van der Waals surface area contributed by atoms with Crippen molar-refractivity contribution in [3.8, 4) is 0 Å². The highest BCUT2D eigenvalue weighted by Crippen LogP contribution is 2.17. The lowest BCUT2D eigenvalue weighted by Crippen LogP contribution is -2.49. The Hall–Kier alpha value is -3.65. The van der Waals surface area contributed by atoms with Crippen molar-refractivity contribution in [2.24, 2.45) is 11.7 Å². The van der Waals surface area contributed by atoms with Crippen LogP contribution in [0.2, 0.25) is 0 Å². The monoisotopic (exact) mass is 448 g/mol. The molecule has 0 bridgehead atoms. The van der Waals surface area contributed by atoms with Crippen molar-refractivity contribution in [2.75, 3.05) is 13.1 Å². The zero-order valence-corrected chi connectivity index (χ0v) is 19.1. The number of amidine groups is 1. The maximum atomic E-state index is 12.7. The Bertz CT molecular complexity index is 1100. The van der Waals surface area contributed by atoms with Crippen molar-refractivity contribution in [1.82, 2.24) is 20.9 Å². The molecule has 0 saturated heterocycles. The second-order valence-corrected chi connectivity index (χ2v) is 8.39. The van der Waals surface area contributed by atoms with Crippen molar-refractivity contribution < 1.29 is 9.59 Å². The van der Waals surface area contributed by atoms with Gasteiger partial charge in [-0.05, 0) is 29.5 Å².